The van der Waals surface area contributed by atoms with Gasteiger partial charge in [0.05, 0.1) is 63.2 Å². The maximum absolute atomic E-state index is 13.7. The molecule has 1 amide bonds. The van der Waals surface area contributed by atoms with E-state index in [-0.39, 0.29) is 98.3 Å². The normalized spacial score (nSPS) is 18.6. The largest absolute Gasteiger partial charge is 1.00 e. The van der Waals surface area contributed by atoms with Crippen molar-refractivity contribution >= 4 is 29.1 Å². The van der Waals surface area contributed by atoms with Crippen molar-refractivity contribution < 1.29 is 107 Å². The van der Waals surface area contributed by atoms with Crippen molar-refractivity contribution in [1.82, 2.24) is 4.90 Å². The maximum atomic E-state index is 13.7. The van der Waals surface area contributed by atoms with Gasteiger partial charge in [-0.15, -0.1) is 5.75 Å². The molecule has 0 aliphatic carbocycles. The number of fused-ring (bicyclic) bond motifs is 1. The van der Waals surface area contributed by atoms with E-state index in [1.54, 1.807) is 17.1 Å². The number of rotatable bonds is 5. The fourth-order valence-corrected chi connectivity index (χ4v) is 4.97. The van der Waals surface area contributed by atoms with Crippen LogP contribution in [0, 0.1) is 10.1 Å². The molecule has 2 aliphatic rings. The Morgan fingerprint density at radius 2 is 1.50 bits per heavy atom. The van der Waals surface area contributed by atoms with Crippen LogP contribution in [-0.2, 0) is 29.2 Å². The van der Waals surface area contributed by atoms with E-state index in [4.69, 9.17) is 18.9 Å². The van der Waals surface area contributed by atoms with Gasteiger partial charge in [0, 0.05) is 42.9 Å². The van der Waals surface area contributed by atoms with Gasteiger partial charge in [-0.2, -0.15) is 4.58 Å². The molecule has 12 heteroatoms. The summed E-state index contributed by atoms with van der Waals surface area (Å²) < 4.78 is 24.3. The Bertz CT molecular complexity index is 1280. The molecular formula is C30H37CsN3O8+. The first-order valence-corrected chi connectivity index (χ1v) is 13.8. The molecule has 0 aromatic heterocycles. The van der Waals surface area contributed by atoms with Crippen LogP contribution in [0.3, 0.4) is 0 Å². The molecular weight excluding hydrogens is 663 g/mol. The number of para-hydroxylation sites is 1. The predicted molar refractivity (Wildman–Crippen MR) is 151 cm³/mol. The van der Waals surface area contributed by atoms with Gasteiger partial charge in [0.1, 0.15) is 0 Å². The zero-order valence-corrected chi connectivity index (χ0v) is 30.9. The van der Waals surface area contributed by atoms with Gasteiger partial charge in [0.2, 0.25) is 12.2 Å². The Kier molecular flexibility index (Phi) is 14.2. The van der Waals surface area contributed by atoms with Gasteiger partial charge in [0.25, 0.3) is 11.6 Å². The average molecular weight is 701 g/mol. The third-order valence-corrected chi connectivity index (χ3v) is 7.20. The van der Waals surface area contributed by atoms with Crippen LogP contribution in [0.5, 0.6) is 5.75 Å². The topological polar surface area (TPSA) is 126 Å². The number of hydrogen-bond donors (Lipinski definition) is 0. The van der Waals surface area contributed by atoms with Crippen molar-refractivity contribution in [3.63, 3.8) is 0 Å². The van der Waals surface area contributed by atoms with Gasteiger partial charge >= 0.3 is 68.9 Å². The first-order chi connectivity index (χ1) is 19.8. The summed E-state index contributed by atoms with van der Waals surface area (Å²) >= 11 is 0. The number of carbonyl (C=O) groups excluding carboxylic acids is 1. The van der Waals surface area contributed by atoms with Gasteiger partial charge in [-0.25, -0.2) is 0 Å². The molecule has 11 nitrogen and oxygen atoms in total. The van der Waals surface area contributed by atoms with Crippen LogP contribution < -0.4 is 74.0 Å². The minimum absolute atomic E-state index is 0. The SMILES string of the molecule is CC1(C)C(/C=C/c2cc([N+](=O)[O-])ccc2[O-])=[N+](CC(=O)N2CCOCCOCCOCCOCC2)c2ccccc21.[Cs+]. The van der Waals surface area contributed by atoms with Crippen molar-refractivity contribution in [2.75, 3.05) is 72.5 Å². The first kappa shape index (κ1) is 34.9. The monoisotopic (exact) mass is 700 g/mol. The van der Waals surface area contributed by atoms with E-state index >= 15 is 0 Å². The zero-order valence-electron chi connectivity index (χ0n) is 24.6. The molecule has 1 saturated heterocycles. The molecule has 0 unspecified atom stereocenters. The summed E-state index contributed by atoms with van der Waals surface area (Å²) in [6.07, 6.45) is 3.37. The second-order valence-corrected chi connectivity index (χ2v) is 10.3. The Labute approximate surface area is 305 Å². The molecule has 42 heavy (non-hydrogen) atoms. The molecule has 0 N–H and O–H groups in total. The number of nitro groups is 1. The summed E-state index contributed by atoms with van der Waals surface area (Å²) in [5.41, 5.74) is 2.30. The molecule has 2 aromatic carbocycles. The van der Waals surface area contributed by atoms with E-state index in [9.17, 15) is 20.0 Å². The maximum Gasteiger partial charge on any atom is 1.00 e. The Morgan fingerprint density at radius 1 is 0.929 bits per heavy atom. The van der Waals surface area contributed by atoms with Crippen LogP contribution in [-0.4, -0.2) is 98.5 Å². The summed E-state index contributed by atoms with van der Waals surface area (Å²) in [6, 6.07) is 11.5. The second-order valence-electron chi connectivity index (χ2n) is 10.3. The Balaban J connectivity index is 0.00000484. The van der Waals surface area contributed by atoms with Crippen LogP contribution in [0.15, 0.2) is 48.5 Å². The average Bonchev–Trinajstić information content (AvgIpc) is 3.15. The number of hydrogen-bond acceptors (Lipinski definition) is 8. The van der Waals surface area contributed by atoms with Crippen LogP contribution in [0.25, 0.3) is 6.08 Å². The van der Waals surface area contributed by atoms with Crippen molar-refractivity contribution in [2.45, 2.75) is 19.3 Å². The standard InChI is InChI=1S/C30H37N3O8.Cs/c1-30(2)25-5-3-4-6-26(25)32(28(30)10-7-23-21-24(33(36)37)8-9-27(23)34)22-29(35)31-11-13-38-15-17-40-19-20-41-18-16-39-14-12-31;/h3-10,21H,11-20,22H2,1-2H3;/q;+1. The summed E-state index contributed by atoms with van der Waals surface area (Å²) in [4.78, 5) is 26.2. The molecule has 2 aliphatic heterocycles. The molecule has 2 aromatic rings. The zero-order chi connectivity index (χ0) is 29.2. The third-order valence-electron chi connectivity index (χ3n) is 7.20. The molecule has 0 atom stereocenters. The summed E-state index contributed by atoms with van der Waals surface area (Å²) in [7, 11) is 0. The van der Waals surface area contributed by atoms with Crippen LogP contribution in [0.2, 0.25) is 0 Å². The minimum Gasteiger partial charge on any atom is -0.872 e. The number of carbonyl (C=O) groups is 1. The number of nitro benzene ring substituents is 1. The van der Waals surface area contributed by atoms with Gasteiger partial charge < -0.3 is 29.0 Å². The molecule has 220 valence electrons. The number of allylic oxidation sites excluding steroid dienone is 1. The smallest absolute Gasteiger partial charge is 0.872 e. The predicted octanol–water partition coefficient (Wildman–Crippen LogP) is -0.329. The fourth-order valence-electron chi connectivity index (χ4n) is 4.97. The number of nitrogens with zero attached hydrogens (tertiary/aromatic N) is 3. The van der Waals surface area contributed by atoms with Gasteiger partial charge in [0.15, 0.2) is 5.71 Å². The third kappa shape index (κ3) is 9.21. The number of non-ortho nitro benzene ring substituents is 1. The quantitative estimate of drug-likeness (QED) is 0.236. The van der Waals surface area contributed by atoms with Gasteiger partial charge in [-0.1, -0.05) is 24.3 Å². The number of ether oxygens (including phenoxy) is 4. The van der Waals surface area contributed by atoms with Gasteiger partial charge in [-0.3, -0.25) is 14.9 Å². The number of benzene rings is 2. The Hall–Kier alpha value is -1.59. The molecule has 0 spiro atoms. The van der Waals surface area contributed by atoms with E-state index in [2.05, 4.69) is 13.8 Å². The van der Waals surface area contributed by atoms with Crippen molar-refractivity contribution in [3.8, 4) is 5.75 Å². The second kappa shape index (κ2) is 17.0. The number of amides is 1. The first-order valence-electron chi connectivity index (χ1n) is 13.8. The summed E-state index contributed by atoms with van der Waals surface area (Å²) in [6.45, 7) is 8.43. The molecule has 0 bridgehead atoms. The van der Waals surface area contributed by atoms with E-state index in [1.807, 2.05) is 28.8 Å². The van der Waals surface area contributed by atoms with Crippen LogP contribution in [0.1, 0.15) is 25.0 Å². The summed E-state index contributed by atoms with van der Waals surface area (Å²) in [5.74, 6) is -0.423. The molecule has 0 radical (unpaired) electrons. The van der Waals surface area contributed by atoms with Gasteiger partial charge in [-0.05, 0) is 25.5 Å². The van der Waals surface area contributed by atoms with E-state index in [1.165, 1.54) is 18.2 Å². The van der Waals surface area contributed by atoms with Crippen LogP contribution >= 0.6 is 0 Å². The summed E-state index contributed by atoms with van der Waals surface area (Å²) in [5, 5.41) is 23.7. The fraction of sp³-hybridized carbons (Fsp3) is 0.467. The van der Waals surface area contributed by atoms with Crippen molar-refractivity contribution in [2.24, 2.45) is 0 Å². The molecule has 0 saturated carbocycles. The van der Waals surface area contributed by atoms with Crippen molar-refractivity contribution in [3.05, 3.63) is 69.8 Å². The molecule has 1 fully saturated rings. The Morgan fingerprint density at radius 3 is 2.10 bits per heavy atom. The molecule has 4 rings (SSSR count). The van der Waals surface area contributed by atoms with E-state index < -0.39 is 10.3 Å². The minimum atomic E-state index is -0.528. The van der Waals surface area contributed by atoms with E-state index in [0.29, 0.717) is 65.9 Å². The molecule has 2 heterocycles. The van der Waals surface area contributed by atoms with Crippen LogP contribution in [0.4, 0.5) is 11.4 Å². The van der Waals surface area contributed by atoms with Crippen molar-refractivity contribution in [1.29, 1.82) is 0 Å². The van der Waals surface area contributed by atoms with E-state index in [0.717, 1.165) is 17.0 Å².